The van der Waals surface area contributed by atoms with E-state index in [1.54, 1.807) is 6.07 Å². The highest BCUT2D eigenvalue weighted by molar-refractivity contribution is 6.31. The van der Waals surface area contributed by atoms with Gasteiger partial charge in [-0.15, -0.1) is 11.6 Å². The molecule has 0 amide bonds. The number of carbonyl (C=O) groups is 1. The maximum Gasteiger partial charge on any atom is 0.166 e. The summed E-state index contributed by atoms with van der Waals surface area (Å²) in [6.45, 7) is 0.630. The summed E-state index contributed by atoms with van der Waals surface area (Å²) in [6, 6.07) is 3.55. The largest absolute Gasteiger partial charge is 0.492 e. The standard InChI is InChI=1S/C12H12Cl2O2/c13-4-1-2-11(15)10-7-9(14)6-8-3-5-16-12(8)10/h6-7H,1-5H2. The Hall–Kier alpha value is -0.730. The topological polar surface area (TPSA) is 26.3 Å². The Morgan fingerprint density at radius 3 is 3.00 bits per heavy atom. The summed E-state index contributed by atoms with van der Waals surface area (Å²) in [5.41, 5.74) is 1.63. The van der Waals surface area contributed by atoms with Crippen LogP contribution in [-0.2, 0) is 6.42 Å². The summed E-state index contributed by atoms with van der Waals surface area (Å²) in [5, 5.41) is 0.596. The molecule has 0 aliphatic carbocycles. The fraction of sp³-hybridized carbons (Fsp3) is 0.417. The van der Waals surface area contributed by atoms with E-state index in [1.165, 1.54) is 0 Å². The number of ether oxygens (including phenoxy) is 1. The Balaban J connectivity index is 2.29. The van der Waals surface area contributed by atoms with Gasteiger partial charge < -0.3 is 4.74 Å². The molecule has 0 atom stereocenters. The predicted molar refractivity (Wildman–Crippen MR) is 64.9 cm³/mol. The number of halogens is 2. The van der Waals surface area contributed by atoms with Crippen molar-refractivity contribution in [2.45, 2.75) is 19.3 Å². The zero-order chi connectivity index (χ0) is 11.5. The van der Waals surface area contributed by atoms with Gasteiger partial charge in [-0.05, 0) is 24.1 Å². The van der Waals surface area contributed by atoms with Crippen LogP contribution in [0.25, 0.3) is 0 Å². The van der Waals surface area contributed by atoms with Gasteiger partial charge >= 0.3 is 0 Å². The Morgan fingerprint density at radius 2 is 2.25 bits per heavy atom. The van der Waals surface area contributed by atoms with Crippen molar-refractivity contribution < 1.29 is 9.53 Å². The number of ketones is 1. The second-order valence-electron chi connectivity index (χ2n) is 3.76. The van der Waals surface area contributed by atoms with Gasteiger partial charge in [-0.1, -0.05) is 11.6 Å². The molecule has 0 bridgehead atoms. The predicted octanol–water partition coefficient (Wildman–Crippen LogP) is 3.48. The van der Waals surface area contributed by atoms with Crippen molar-refractivity contribution in [2.24, 2.45) is 0 Å². The number of hydrogen-bond donors (Lipinski definition) is 0. The average Bonchev–Trinajstić information content (AvgIpc) is 2.72. The number of alkyl halides is 1. The molecule has 0 saturated carbocycles. The Morgan fingerprint density at radius 1 is 1.44 bits per heavy atom. The van der Waals surface area contributed by atoms with Crippen LogP contribution >= 0.6 is 23.2 Å². The summed E-state index contributed by atoms with van der Waals surface area (Å²) in [4.78, 5) is 11.9. The second-order valence-corrected chi connectivity index (χ2v) is 4.57. The summed E-state index contributed by atoms with van der Waals surface area (Å²) in [6.07, 6.45) is 1.95. The highest BCUT2D eigenvalue weighted by atomic mass is 35.5. The minimum absolute atomic E-state index is 0.0568. The molecule has 1 aromatic carbocycles. The van der Waals surface area contributed by atoms with E-state index in [0.29, 0.717) is 41.7 Å². The van der Waals surface area contributed by atoms with Crippen LogP contribution in [0.2, 0.25) is 5.02 Å². The van der Waals surface area contributed by atoms with Gasteiger partial charge in [0.15, 0.2) is 5.78 Å². The molecule has 0 radical (unpaired) electrons. The van der Waals surface area contributed by atoms with Gasteiger partial charge in [-0.2, -0.15) is 0 Å². The van der Waals surface area contributed by atoms with Crippen molar-refractivity contribution in [3.63, 3.8) is 0 Å². The van der Waals surface area contributed by atoms with E-state index < -0.39 is 0 Å². The Bertz CT molecular complexity index is 416. The molecule has 0 spiro atoms. The van der Waals surface area contributed by atoms with Crippen LogP contribution in [-0.4, -0.2) is 18.3 Å². The monoisotopic (exact) mass is 258 g/mol. The van der Waals surface area contributed by atoms with Crippen LogP contribution in [0.15, 0.2) is 12.1 Å². The summed E-state index contributed by atoms with van der Waals surface area (Å²) >= 11 is 11.5. The van der Waals surface area contributed by atoms with Crippen molar-refractivity contribution in [1.29, 1.82) is 0 Å². The third kappa shape index (κ3) is 2.33. The minimum Gasteiger partial charge on any atom is -0.492 e. The smallest absolute Gasteiger partial charge is 0.166 e. The maximum atomic E-state index is 11.9. The van der Waals surface area contributed by atoms with Crippen LogP contribution in [0, 0.1) is 0 Å². The zero-order valence-electron chi connectivity index (χ0n) is 8.76. The first-order valence-corrected chi connectivity index (χ1v) is 6.18. The molecule has 2 rings (SSSR count). The molecule has 1 aliphatic rings. The van der Waals surface area contributed by atoms with Crippen molar-refractivity contribution in [2.75, 3.05) is 12.5 Å². The summed E-state index contributed by atoms with van der Waals surface area (Å²) in [5.74, 6) is 1.26. The van der Waals surface area contributed by atoms with Gasteiger partial charge in [-0.3, -0.25) is 4.79 Å². The lowest BCUT2D eigenvalue weighted by atomic mass is 10.0. The van der Waals surface area contributed by atoms with Gasteiger partial charge in [0.05, 0.1) is 12.2 Å². The Labute approximate surface area is 104 Å². The first kappa shape index (κ1) is 11.7. The van der Waals surface area contributed by atoms with E-state index in [9.17, 15) is 4.79 Å². The molecule has 1 aromatic rings. The third-order valence-electron chi connectivity index (χ3n) is 2.59. The number of hydrogen-bond acceptors (Lipinski definition) is 2. The molecule has 2 nitrogen and oxygen atoms in total. The molecule has 1 heterocycles. The van der Waals surface area contributed by atoms with Gasteiger partial charge in [0.2, 0.25) is 0 Å². The Kier molecular flexibility index (Phi) is 3.72. The normalized spacial score (nSPS) is 13.4. The molecule has 16 heavy (non-hydrogen) atoms. The number of carbonyl (C=O) groups excluding carboxylic acids is 1. The van der Waals surface area contributed by atoms with Gasteiger partial charge in [0.1, 0.15) is 5.75 Å². The molecule has 0 N–H and O–H groups in total. The number of fused-ring (bicyclic) bond motifs is 1. The summed E-state index contributed by atoms with van der Waals surface area (Å²) in [7, 11) is 0. The molecule has 86 valence electrons. The number of benzene rings is 1. The van der Waals surface area contributed by atoms with E-state index >= 15 is 0 Å². The van der Waals surface area contributed by atoms with E-state index in [-0.39, 0.29) is 5.78 Å². The fourth-order valence-electron chi connectivity index (χ4n) is 1.84. The van der Waals surface area contributed by atoms with E-state index in [1.807, 2.05) is 6.07 Å². The van der Waals surface area contributed by atoms with Crippen LogP contribution in [0.1, 0.15) is 28.8 Å². The van der Waals surface area contributed by atoms with E-state index in [4.69, 9.17) is 27.9 Å². The molecular weight excluding hydrogens is 247 g/mol. The van der Waals surface area contributed by atoms with Gasteiger partial charge in [-0.25, -0.2) is 0 Å². The lowest BCUT2D eigenvalue weighted by Crippen LogP contribution is -2.02. The molecule has 0 aromatic heterocycles. The van der Waals surface area contributed by atoms with Crippen molar-refractivity contribution in [3.05, 3.63) is 28.3 Å². The molecular formula is C12H12Cl2O2. The number of rotatable bonds is 4. The van der Waals surface area contributed by atoms with Crippen molar-refractivity contribution >= 4 is 29.0 Å². The van der Waals surface area contributed by atoms with Crippen LogP contribution in [0.4, 0.5) is 0 Å². The SMILES string of the molecule is O=C(CCCCl)c1cc(Cl)cc2c1OCC2. The molecule has 0 fully saturated rings. The van der Waals surface area contributed by atoms with Gasteiger partial charge in [0.25, 0.3) is 0 Å². The third-order valence-corrected chi connectivity index (χ3v) is 3.07. The van der Waals surface area contributed by atoms with Crippen LogP contribution in [0.3, 0.4) is 0 Å². The lowest BCUT2D eigenvalue weighted by Gasteiger charge is -2.07. The van der Waals surface area contributed by atoms with Crippen molar-refractivity contribution in [1.82, 2.24) is 0 Å². The second kappa shape index (κ2) is 5.07. The highest BCUT2D eigenvalue weighted by Gasteiger charge is 2.21. The quantitative estimate of drug-likeness (QED) is 0.611. The first-order valence-electron chi connectivity index (χ1n) is 5.26. The molecule has 4 heteroatoms. The highest BCUT2D eigenvalue weighted by Crippen LogP contribution is 2.33. The molecule has 1 aliphatic heterocycles. The van der Waals surface area contributed by atoms with E-state index in [0.717, 1.165) is 12.0 Å². The molecule has 0 saturated heterocycles. The van der Waals surface area contributed by atoms with Crippen LogP contribution < -0.4 is 4.74 Å². The van der Waals surface area contributed by atoms with Crippen LogP contribution in [0.5, 0.6) is 5.75 Å². The minimum atomic E-state index is 0.0568. The number of Topliss-reactive ketones (excluding diaryl/α,β-unsaturated/α-hetero) is 1. The fourth-order valence-corrected chi connectivity index (χ4v) is 2.21. The van der Waals surface area contributed by atoms with E-state index in [2.05, 4.69) is 0 Å². The maximum absolute atomic E-state index is 11.9. The average molecular weight is 259 g/mol. The molecule has 0 unspecified atom stereocenters. The first-order chi connectivity index (χ1) is 7.72. The van der Waals surface area contributed by atoms with Gasteiger partial charge in [0, 0.05) is 23.7 Å². The van der Waals surface area contributed by atoms with Crippen molar-refractivity contribution in [3.8, 4) is 5.75 Å². The lowest BCUT2D eigenvalue weighted by molar-refractivity contribution is 0.0979. The summed E-state index contributed by atoms with van der Waals surface area (Å²) < 4.78 is 5.47. The zero-order valence-corrected chi connectivity index (χ0v) is 10.3.